The minimum atomic E-state index is -3.80. The second-order valence-corrected chi connectivity index (χ2v) is 9.44. The van der Waals surface area contributed by atoms with Gasteiger partial charge in [0, 0.05) is 18.8 Å². The van der Waals surface area contributed by atoms with E-state index in [1.807, 2.05) is 30.3 Å². The summed E-state index contributed by atoms with van der Waals surface area (Å²) in [7, 11) is -3.80. The molecule has 0 atom stereocenters. The molecule has 1 amide bonds. The molecule has 2 aromatic carbocycles. The minimum Gasteiger partial charge on any atom is -0.321 e. The highest BCUT2D eigenvalue weighted by Crippen LogP contribution is 2.30. The molecule has 0 radical (unpaired) electrons. The number of hydrogen-bond acceptors (Lipinski definition) is 5. The van der Waals surface area contributed by atoms with Gasteiger partial charge in [-0.25, -0.2) is 8.42 Å². The molecule has 8 heteroatoms. The molecule has 1 aliphatic heterocycles. The topological polar surface area (TPSA) is 90.3 Å². The van der Waals surface area contributed by atoms with Crippen LogP contribution in [-0.2, 0) is 23.0 Å². The zero-order valence-electron chi connectivity index (χ0n) is 15.3. The number of nitriles is 1. The predicted octanol–water partition coefficient (Wildman–Crippen LogP) is 3.62. The van der Waals surface area contributed by atoms with Crippen LogP contribution in [0.15, 0.2) is 64.9 Å². The van der Waals surface area contributed by atoms with Crippen LogP contribution in [0, 0.1) is 11.3 Å². The first kappa shape index (κ1) is 19.3. The van der Waals surface area contributed by atoms with Crippen LogP contribution in [0.3, 0.4) is 0 Å². The molecule has 29 heavy (non-hydrogen) atoms. The van der Waals surface area contributed by atoms with Crippen molar-refractivity contribution in [3.63, 3.8) is 0 Å². The molecule has 4 rings (SSSR count). The summed E-state index contributed by atoms with van der Waals surface area (Å²) in [6.45, 7) is 0.677. The van der Waals surface area contributed by atoms with Crippen molar-refractivity contribution < 1.29 is 13.2 Å². The van der Waals surface area contributed by atoms with Gasteiger partial charge >= 0.3 is 0 Å². The van der Waals surface area contributed by atoms with Crippen LogP contribution in [0.5, 0.6) is 0 Å². The van der Waals surface area contributed by atoms with Gasteiger partial charge in [-0.1, -0.05) is 24.3 Å². The third kappa shape index (κ3) is 3.80. The van der Waals surface area contributed by atoms with Gasteiger partial charge in [-0.05, 0) is 53.3 Å². The number of anilines is 1. The summed E-state index contributed by atoms with van der Waals surface area (Å²) >= 11 is 1.09. The summed E-state index contributed by atoms with van der Waals surface area (Å²) in [5, 5.41) is 13.2. The third-order valence-corrected chi connectivity index (χ3v) is 7.75. The van der Waals surface area contributed by atoms with Crippen molar-refractivity contribution in [2.24, 2.45) is 0 Å². The number of rotatable bonds is 4. The highest BCUT2D eigenvalue weighted by atomic mass is 32.2. The molecule has 0 unspecified atom stereocenters. The Hall–Kier alpha value is -2.99. The highest BCUT2D eigenvalue weighted by Gasteiger charge is 2.32. The average molecular weight is 424 g/mol. The molecule has 1 aliphatic rings. The summed E-state index contributed by atoms with van der Waals surface area (Å²) in [5.74, 6) is -0.485. The van der Waals surface area contributed by atoms with Crippen molar-refractivity contribution in [1.29, 1.82) is 5.26 Å². The second kappa shape index (κ2) is 7.79. The van der Waals surface area contributed by atoms with Crippen molar-refractivity contribution in [3.05, 3.63) is 81.5 Å². The van der Waals surface area contributed by atoms with Crippen LogP contribution < -0.4 is 5.32 Å². The molecule has 0 fully saturated rings. The van der Waals surface area contributed by atoms with Gasteiger partial charge in [0.1, 0.15) is 9.77 Å². The Labute approximate surface area is 173 Å². The van der Waals surface area contributed by atoms with Gasteiger partial charge < -0.3 is 5.32 Å². The van der Waals surface area contributed by atoms with Crippen molar-refractivity contribution in [3.8, 4) is 6.07 Å². The zero-order chi connectivity index (χ0) is 20.4. The molecule has 1 aromatic heterocycles. The van der Waals surface area contributed by atoms with Crippen LogP contribution in [0.2, 0.25) is 0 Å². The van der Waals surface area contributed by atoms with E-state index in [0.29, 0.717) is 30.8 Å². The lowest BCUT2D eigenvalue weighted by Crippen LogP contribution is -2.36. The van der Waals surface area contributed by atoms with Gasteiger partial charge in [0.15, 0.2) is 0 Å². The van der Waals surface area contributed by atoms with Crippen LogP contribution in [-0.4, -0.2) is 25.2 Å². The number of carbonyl (C=O) groups is 1. The average Bonchev–Trinajstić information content (AvgIpc) is 3.25. The zero-order valence-corrected chi connectivity index (χ0v) is 17.0. The Morgan fingerprint density at radius 2 is 1.79 bits per heavy atom. The summed E-state index contributed by atoms with van der Waals surface area (Å²) in [5.41, 5.74) is 3.12. The van der Waals surface area contributed by atoms with Gasteiger partial charge in [0.25, 0.3) is 5.91 Å². The van der Waals surface area contributed by atoms with E-state index < -0.39 is 15.9 Å². The third-order valence-electron chi connectivity index (χ3n) is 4.82. The Kier molecular flexibility index (Phi) is 5.20. The highest BCUT2D eigenvalue weighted by molar-refractivity contribution is 7.89. The largest absolute Gasteiger partial charge is 0.321 e. The minimum absolute atomic E-state index is 0.0213. The number of fused-ring (bicyclic) bond motifs is 1. The Morgan fingerprint density at radius 3 is 2.52 bits per heavy atom. The molecule has 0 saturated carbocycles. The number of benzene rings is 2. The molecule has 0 spiro atoms. The summed E-state index contributed by atoms with van der Waals surface area (Å²) in [6, 6.07) is 17.7. The fourth-order valence-corrected chi connectivity index (χ4v) is 6.01. The van der Waals surface area contributed by atoms with Gasteiger partial charge in [-0.2, -0.15) is 9.57 Å². The molecule has 0 aliphatic carbocycles. The normalized spacial score (nSPS) is 14.0. The summed E-state index contributed by atoms with van der Waals surface area (Å²) in [6.07, 6.45) is 0.645. The number of carbonyl (C=O) groups excluding carboxylic acids is 1. The lowest BCUT2D eigenvalue weighted by atomic mass is 10.0. The van der Waals surface area contributed by atoms with Crippen LogP contribution in [0.4, 0.5) is 5.69 Å². The van der Waals surface area contributed by atoms with E-state index in [4.69, 9.17) is 5.26 Å². The SMILES string of the molecule is N#Cc1ccc(NC(=O)c2sccc2S(=O)(=O)N2CCc3ccccc3C2)cc1. The Balaban J connectivity index is 1.58. The number of sulfonamides is 1. The van der Waals surface area contributed by atoms with Crippen molar-refractivity contribution >= 4 is 33.0 Å². The fourth-order valence-electron chi connectivity index (χ4n) is 3.30. The fraction of sp³-hybridized carbons (Fsp3) is 0.143. The summed E-state index contributed by atoms with van der Waals surface area (Å²) < 4.78 is 27.9. The van der Waals surface area contributed by atoms with E-state index >= 15 is 0 Å². The Morgan fingerprint density at radius 1 is 1.07 bits per heavy atom. The predicted molar refractivity (Wildman–Crippen MR) is 111 cm³/mol. The number of thiophene rings is 1. The van der Waals surface area contributed by atoms with E-state index in [9.17, 15) is 13.2 Å². The monoisotopic (exact) mass is 423 g/mol. The standard InChI is InChI=1S/C21H17N3O3S2/c22-13-15-5-7-18(8-6-15)23-21(25)20-19(10-12-28-20)29(26,27)24-11-9-16-3-1-2-4-17(16)14-24/h1-8,10,12H,9,11,14H2,(H,23,25). The van der Waals surface area contributed by atoms with Crippen LogP contribution in [0.1, 0.15) is 26.4 Å². The molecule has 0 bridgehead atoms. The lowest BCUT2D eigenvalue weighted by molar-refractivity contribution is 0.102. The maximum absolute atomic E-state index is 13.2. The van der Waals surface area contributed by atoms with Crippen molar-refractivity contribution in [2.45, 2.75) is 17.9 Å². The first-order valence-electron chi connectivity index (χ1n) is 8.95. The van der Waals surface area contributed by atoms with E-state index in [-0.39, 0.29) is 9.77 Å². The first-order chi connectivity index (χ1) is 14.0. The quantitative estimate of drug-likeness (QED) is 0.694. The van der Waals surface area contributed by atoms with E-state index in [0.717, 1.165) is 22.5 Å². The number of amides is 1. The molecule has 146 valence electrons. The van der Waals surface area contributed by atoms with E-state index in [1.54, 1.807) is 29.6 Å². The number of nitrogens with one attached hydrogen (secondary N) is 1. The van der Waals surface area contributed by atoms with Crippen LogP contribution in [0.25, 0.3) is 0 Å². The molecule has 6 nitrogen and oxygen atoms in total. The van der Waals surface area contributed by atoms with E-state index in [2.05, 4.69) is 5.32 Å². The molecule has 3 aromatic rings. The van der Waals surface area contributed by atoms with Crippen molar-refractivity contribution in [1.82, 2.24) is 4.31 Å². The molecule has 2 heterocycles. The van der Waals surface area contributed by atoms with Crippen molar-refractivity contribution in [2.75, 3.05) is 11.9 Å². The molecule has 1 N–H and O–H groups in total. The molecule has 0 saturated heterocycles. The smallest absolute Gasteiger partial charge is 0.267 e. The lowest BCUT2D eigenvalue weighted by Gasteiger charge is -2.28. The first-order valence-corrected chi connectivity index (χ1v) is 11.3. The maximum Gasteiger partial charge on any atom is 0.267 e. The Bertz CT molecular complexity index is 1210. The second-order valence-electron chi connectivity index (χ2n) is 6.61. The van der Waals surface area contributed by atoms with Gasteiger partial charge in [-0.15, -0.1) is 11.3 Å². The molecular weight excluding hydrogens is 406 g/mol. The van der Waals surface area contributed by atoms with Gasteiger partial charge in [-0.3, -0.25) is 4.79 Å². The van der Waals surface area contributed by atoms with E-state index in [1.165, 1.54) is 10.4 Å². The van der Waals surface area contributed by atoms with Gasteiger partial charge in [0.2, 0.25) is 10.0 Å². The molecular formula is C21H17N3O3S2. The number of nitrogens with zero attached hydrogens (tertiary/aromatic N) is 2. The maximum atomic E-state index is 13.2. The van der Waals surface area contributed by atoms with Gasteiger partial charge in [0.05, 0.1) is 11.6 Å². The van der Waals surface area contributed by atoms with Crippen LogP contribution >= 0.6 is 11.3 Å². The number of hydrogen-bond donors (Lipinski definition) is 1. The summed E-state index contributed by atoms with van der Waals surface area (Å²) in [4.78, 5) is 12.9.